The summed E-state index contributed by atoms with van der Waals surface area (Å²) >= 11 is 8.86. The predicted octanol–water partition coefficient (Wildman–Crippen LogP) is 3.01. The molecule has 2 rings (SSSR count). The molecule has 0 aromatic heterocycles. The van der Waals surface area contributed by atoms with Gasteiger partial charge >= 0.3 is 0 Å². The lowest BCUT2D eigenvalue weighted by atomic mass is 10.1. The van der Waals surface area contributed by atoms with Crippen LogP contribution in [0.5, 0.6) is 0 Å². The molecule has 1 aromatic carbocycles. The maximum absolute atomic E-state index is 11.2. The molecule has 0 radical (unpaired) electrons. The molecule has 0 saturated carbocycles. The fourth-order valence-corrected chi connectivity index (χ4v) is 2.71. The van der Waals surface area contributed by atoms with Gasteiger partial charge in [0.25, 0.3) is 5.24 Å². The zero-order chi connectivity index (χ0) is 12.4. The quantitative estimate of drug-likeness (QED) is 0.688. The molecule has 92 valence electrons. The molecule has 0 spiro atoms. The summed E-state index contributed by atoms with van der Waals surface area (Å²) < 4.78 is 0.734. The molecule has 17 heavy (non-hydrogen) atoms. The van der Waals surface area contributed by atoms with Gasteiger partial charge in [-0.1, -0.05) is 0 Å². The number of benzene rings is 1. The molecular formula is C12H14BrClN2O. The normalized spacial score (nSPS) is 16.4. The van der Waals surface area contributed by atoms with Crippen LogP contribution in [0.25, 0.3) is 0 Å². The van der Waals surface area contributed by atoms with Gasteiger partial charge in [0, 0.05) is 16.6 Å². The van der Waals surface area contributed by atoms with E-state index in [2.05, 4.69) is 20.8 Å². The second-order valence-electron chi connectivity index (χ2n) is 4.29. The lowest BCUT2D eigenvalue weighted by molar-refractivity contribution is 0.108. The van der Waals surface area contributed by atoms with Gasteiger partial charge in [-0.05, 0) is 71.2 Å². The van der Waals surface area contributed by atoms with Gasteiger partial charge in [-0.2, -0.15) is 0 Å². The van der Waals surface area contributed by atoms with Crippen molar-refractivity contribution in [2.45, 2.75) is 19.4 Å². The molecule has 1 aliphatic heterocycles. The smallest absolute Gasteiger partial charge is 0.252 e. The SMILES string of the molecule is Nc1c(Br)cc(C(=O)Cl)cc1CN1CCCC1. The van der Waals surface area contributed by atoms with Crippen molar-refractivity contribution >= 4 is 38.5 Å². The van der Waals surface area contributed by atoms with Crippen LogP contribution in [0.2, 0.25) is 0 Å². The van der Waals surface area contributed by atoms with E-state index in [1.807, 2.05) is 0 Å². The Kier molecular flexibility index (Phi) is 4.07. The van der Waals surface area contributed by atoms with Crippen molar-refractivity contribution in [2.75, 3.05) is 18.8 Å². The summed E-state index contributed by atoms with van der Waals surface area (Å²) in [6.07, 6.45) is 2.46. The number of nitrogens with zero attached hydrogens (tertiary/aromatic N) is 1. The monoisotopic (exact) mass is 316 g/mol. The number of hydrogen-bond acceptors (Lipinski definition) is 3. The molecule has 1 heterocycles. The molecule has 0 amide bonds. The molecule has 1 saturated heterocycles. The molecule has 0 bridgehead atoms. The number of likely N-dealkylation sites (tertiary alicyclic amines) is 1. The van der Waals surface area contributed by atoms with E-state index in [0.29, 0.717) is 11.3 Å². The topological polar surface area (TPSA) is 46.3 Å². The fraction of sp³-hybridized carbons (Fsp3) is 0.417. The predicted molar refractivity (Wildman–Crippen MR) is 73.2 cm³/mol. The largest absolute Gasteiger partial charge is 0.398 e. The molecule has 2 N–H and O–H groups in total. The summed E-state index contributed by atoms with van der Waals surface area (Å²) in [5.74, 6) is 0. The van der Waals surface area contributed by atoms with E-state index >= 15 is 0 Å². The van der Waals surface area contributed by atoms with Crippen molar-refractivity contribution in [1.29, 1.82) is 0 Å². The molecule has 1 aliphatic rings. The minimum Gasteiger partial charge on any atom is -0.398 e. The lowest BCUT2D eigenvalue weighted by Crippen LogP contribution is -2.19. The van der Waals surface area contributed by atoms with E-state index in [0.717, 1.165) is 29.7 Å². The minimum atomic E-state index is -0.451. The number of anilines is 1. The van der Waals surface area contributed by atoms with Gasteiger partial charge in [-0.25, -0.2) is 0 Å². The molecular weight excluding hydrogens is 304 g/mol. The summed E-state index contributed by atoms with van der Waals surface area (Å²) in [4.78, 5) is 13.5. The van der Waals surface area contributed by atoms with E-state index in [1.54, 1.807) is 12.1 Å². The van der Waals surface area contributed by atoms with E-state index in [4.69, 9.17) is 17.3 Å². The van der Waals surface area contributed by atoms with Crippen molar-refractivity contribution in [3.8, 4) is 0 Å². The van der Waals surface area contributed by atoms with E-state index in [-0.39, 0.29) is 0 Å². The zero-order valence-corrected chi connectivity index (χ0v) is 11.7. The van der Waals surface area contributed by atoms with Crippen LogP contribution in [0.1, 0.15) is 28.8 Å². The summed E-state index contributed by atoms with van der Waals surface area (Å²) in [6.45, 7) is 2.97. The Labute approximate surface area is 114 Å². The number of nitrogen functional groups attached to an aromatic ring is 1. The highest BCUT2D eigenvalue weighted by molar-refractivity contribution is 9.10. The highest BCUT2D eigenvalue weighted by Crippen LogP contribution is 2.28. The first-order valence-electron chi connectivity index (χ1n) is 5.58. The molecule has 5 heteroatoms. The molecule has 0 aliphatic carbocycles. The molecule has 0 atom stereocenters. The molecule has 1 fully saturated rings. The van der Waals surface area contributed by atoms with Gasteiger partial charge in [-0.15, -0.1) is 0 Å². The lowest BCUT2D eigenvalue weighted by Gasteiger charge is -2.17. The number of carbonyl (C=O) groups excluding carboxylic acids is 1. The number of rotatable bonds is 3. The van der Waals surface area contributed by atoms with Crippen molar-refractivity contribution in [1.82, 2.24) is 4.90 Å². The van der Waals surface area contributed by atoms with Crippen molar-refractivity contribution < 1.29 is 4.79 Å². The van der Waals surface area contributed by atoms with Gasteiger partial charge in [0.2, 0.25) is 0 Å². The van der Waals surface area contributed by atoms with Crippen molar-refractivity contribution in [3.05, 3.63) is 27.7 Å². The Morgan fingerprint density at radius 1 is 1.41 bits per heavy atom. The first kappa shape index (κ1) is 12.9. The van der Waals surface area contributed by atoms with Crippen LogP contribution in [0.15, 0.2) is 16.6 Å². The maximum Gasteiger partial charge on any atom is 0.252 e. The van der Waals surface area contributed by atoms with Gasteiger partial charge in [0.05, 0.1) is 5.69 Å². The second kappa shape index (κ2) is 5.38. The average Bonchev–Trinajstić information content (AvgIpc) is 2.77. The number of halogens is 2. The Balaban J connectivity index is 2.27. The van der Waals surface area contributed by atoms with Crippen LogP contribution in [-0.2, 0) is 6.54 Å². The Morgan fingerprint density at radius 3 is 2.65 bits per heavy atom. The molecule has 1 aromatic rings. The van der Waals surface area contributed by atoms with Crippen LogP contribution in [0.3, 0.4) is 0 Å². The third kappa shape index (κ3) is 3.00. The maximum atomic E-state index is 11.2. The number of nitrogens with two attached hydrogens (primary N) is 1. The van der Waals surface area contributed by atoms with Crippen molar-refractivity contribution in [2.24, 2.45) is 0 Å². The Hall–Kier alpha value is -0.580. The highest BCUT2D eigenvalue weighted by atomic mass is 79.9. The van der Waals surface area contributed by atoms with Crippen LogP contribution in [-0.4, -0.2) is 23.2 Å². The molecule has 3 nitrogen and oxygen atoms in total. The van der Waals surface area contributed by atoms with Gasteiger partial charge in [0.1, 0.15) is 0 Å². The van der Waals surface area contributed by atoms with Crippen LogP contribution in [0.4, 0.5) is 5.69 Å². The summed E-state index contributed by atoms with van der Waals surface area (Å²) in [5.41, 5.74) is 8.15. The summed E-state index contributed by atoms with van der Waals surface area (Å²) in [6, 6.07) is 3.45. The number of hydrogen-bond donors (Lipinski definition) is 1. The van der Waals surface area contributed by atoms with Crippen LogP contribution in [0, 0.1) is 0 Å². The van der Waals surface area contributed by atoms with Crippen LogP contribution >= 0.6 is 27.5 Å². The van der Waals surface area contributed by atoms with Crippen molar-refractivity contribution in [3.63, 3.8) is 0 Å². The van der Waals surface area contributed by atoms with E-state index in [1.165, 1.54) is 12.8 Å². The zero-order valence-electron chi connectivity index (χ0n) is 9.38. The first-order valence-corrected chi connectivity index (χ1v) is 6.75. The highest BCUT2D eigenvalue weighted by Gasteiger charge is 2.16. The van der Waals surface area contributed by atoms with Gasteiger partial charge in [0.15, 0.2) is 0 Å². The second-order valence-corrected chi connectivity index (χ2v) is 5.49. The summed E-state index contributed by atoms with van der Waals surface area (Å²) in [7, 11) is 0. The number of carbonyl (C=O) groups is 1. The van der Waals surface area contributed by atoms with Gasteiger partial charge in [-0.3, -0.25) is 9.69 Å². The molecule has 0 unspecified atom stereocenters. The van der Waals surface area contributed by atoms with Crippen LogP contribution < -0.4 is 5.73 Å². The van der Waals surface area contributed by atoms with E-state index < -0.39 is 5.24 Å². The Bertz CT molecular complexity index is 444. The third-order valence-corrected chi connectivity index (χ3v) is 3.91. The standard InChI is InChI=1S/C12H14BrClN2O/c13-10-6-8(12(14)17)5-9(11(10)15)7-16-3-1-2-4-16/h5-6H,1-4,7,15H2. The Morgan fingerprint density at radius 2 is 2.06 bits per heavy atom. The first-order chi connectivity index (χ1) is 8.08. The summed E-state index contributed by atoms with van der Waals surface area (Å²) in [5, 5.41) is -0.451. The van der Waals surface area contributed by atoms with E-state index in [9.17, 15) is 4.79 Å². The fourth-order valence-electron chi connectivity index (χ4n) is 2.10. The minimum absolute atomic E-state index is 0.451. The van der Waals surface area contributed by atoms with Gasteiger partial charge < -0.3 is 5.73 Å². The third-order valence-electron chi connectivity index (χ3n) is 3.03. The average molecular weight is 318 g/mol.